The molecule has 2 atom stereocenters. The second kappa shape index (κ2) is 11.3. The lowest BCUT2D eigenvalue weighted by Gasteiger charge is -2.40. The van der Waals surface area contributed by atoms with Crippen LogP contribution in [0.25, 0.3) is 0 Å². The molecule has 10 nitrogen and oxygen atoms in total. The number of amides is 1. The van der Waals surface area contributed by atoms with Crippen molar-refractivity contribution in [3.05, 3.63) is 78.4 Å². The number of nitrogens with one attached hydrogen (secondary N) is 1. The highest BCUT2D eigenvalue weighted by Crippen LogP contribution is 2.42. The summed E-state index contributed by atoms with van der Waals surface area (Å²) in [4.78, 5) is 11.8. The Bertz CT molecular complexity index is 1650. The molecule has 3 aromatic carbocycles. The van der Waals surface area contributed by atoms with Gasteiger partial charge in [0.15, 0.2) is 0 Å². The first kappa shape index (κ1) is 30.2. The number of hydrogen-bond acceptors (Lipinski definition) is 8. The topological polar surface area (TPSA) is 128 Å². The molecule has 0 aliphatic carbocycles. The lowest BCUT2D eigenvalue weighted by molar-refractivity contribution is 0.0636. The van der Waals surface area contributed by atoms with Gasteiger partial charge in [-0.25, -0.2) is 22.0 Å². The number of halogens is 2. The van der Waals surface area contributed by atoms with E-state index in [0.717, 1.165) is 52.8 Å². The standard InChI is InChI=1S/C27H28F2N2O8S2.H2/c1-17-25(16-37-41(35,36)22-12-7-19(29)8-13-22)38-24-14-9-20(30-26(32)39-27(2,3)4)15-23(24)31(17)40(33,34)21-10-5-18(28)6-11-21;/h5-15,17,25H,16H2,1-4H3,(H,30,32);1H/t17?,25-;/m1./s1. The Morgan fingerprint density at radius 2 is 1.51 bits per heavy atom. The van der Waals surface area contributed by atoms with E-state index in [1.807, 2.05) is 0 Å². The number of anilines is 2. The van der Waals surface area contributed by atoms with Crippen LogP contribution in [-0.2, 0) is 29.1 Å². The third-order valence-corrected chi connectivity index (χ3v) is 9.10. The highest BCUT2D eigenvalue weighted by molar-refractivity contribution is 7.92. The molecule has 0 bridgehead atoms. The molecule has 1 N–H and O–H groups in total. The Kier molecular flexibility index (Phi) is 8.30. The van der Waals surface area contributed by atoms with Crippen molar-refractivity contribution in [3.63, 3.8) is 0 Å². The molecule has 3 aromatic rings. The fraction of sp³-hybridized carbons (Fsp3) is 0.296. The predicted octanol–water partition coefficient (Wildman–Crippen LogP) is 5.31. The molecule has 4 rings (SSSR count). The maximum Gasteiger partial charge on any atom is 0.412 e. The van der Waals surface area contributed by atoms with E-state index in [1.165, 1.54) is 25.1 Å². The van der Waals surface area contributed by atoms with Crippen LogP contribution in [0.15, 0.2) is 76.5 Å². The summed E-state index contributed by atoms with van der Waals surface area (Å²) < 4.78 is 97.3. The first-order valence-corrected chi connectivity index (χ1v) is 15.2. The van der Waals surface area contributed by atoms with Crippen molar-refractivity contribution in [3.8, 4) is 5.75 Å². The Morgan fingerprint density at radius 1 is 0.951 bits per heavy atom. The maximum absolute atomic E-state index is 13.8. The average Bonchev–Trinajstić information content (AvgIpc) is 2.87. The first-order chi connectivity index (χ1) is 19.1. The van der Waals surface area contributed by atoms with Crippen molar-refractivity contribution in [2.24, 2.45) is 0 Å². The molecule has 222 valence electrons. The van der Waals surface area contributed by atoms with Crippen LogP contribution in [0.5, 0.6) is 5.75 Å². The monoisotopic (exact) mass is 612 g/mol. The molecule has 1 heterocycles. The van der Waals surface area contributed by atoms with E-state index in [-0.39, 0.29) is 28.3 Å². The number of fused-ring (bicyclic) bond motifs is 1. The van der Waals surface area contributed by atoms with E-state index in [9.17, 15) is 30.4 Å². The molecule has 0 aromatic heterocycles. The van der Waals surface area contributed by atoms with E-state index in [0.29, 0.717) is 0 Å². The Hall–Kier alpha value is -3.75. The van der Waals surface area contributed by atoms with Crippen molar-refractivity contribution >= 4 is 37.6 Å². The van der Waals surface area contributed by atoms with E-state index in [2.05, 4.69) is 5.32 Å². The molecule has 0 fully saturated rings. The predicted molar refractivity (Wildman–Crippen MR) is 148 cm³/mol. The largest absolute Gasteiger partial charge is 0.484 e. The number of rotatable bonds is 7. The SMILES string of the molecule is CC1[C@@H](COS(=O)(=O)c2ccc(F)cc2)Oc2ccc(NC(=O)OC(C)(C)C)cc2N1S(=O)(=O)c1ccc(F)cc1.[HH]. The Morgan fingerprint density at radius 3 is 2.07 bits per heavy atom. The molecule has 41 heavy (non-hydrogen) atoms. The van der Waals surface area contributed by atoms with Gasteiger partial charge in [-0.1, -0.05) is 0 Å². The molecule has 0 spiro atoms. The highest BCUT2D eigenvalue weighted by Gasteiger charge is 2.41. The van der Waals surface area contributed by atoms with Crippen molar-refractivity contribution in [1.29, 1.82) is 0 Å². The summed E-state index contributed by atoms with van der Waals surface area (Å²) in [5, 5.41) is 2.54. The minimum atomic E-state index is -4.36. The van der Waals surface area contributed by atoms with Crippen LogP contribution in [-0.4, -0.2) is 47.3 Å². The summed E-state index contributed by atoms with van der Waals surface area (Å²) in [5.41, 5.74) is -0.551. The molecule has 0 saturated heterocycles. The summed E-state index contributed by atoms with van der Waals surface area (Å²) in [5.74, 6) is -1.22. The minimum Gasteiger partial charge on any atom is -0.484 e. The summed E-state index contributed by atoms with van der Waals surface area (Å²) >= 11 is 0. The first-order valence-electron chi connectivity index (χ1n) is 12.3. The van der Waals surface area contributed by atoms with Gasteiger partial charge in [0.2, 0.25) is 0 Å². The highest BCUT2D eigenvalue weighted by atomic mass is 32.2. The number of carbonyl (C=O) groups is 1. The quantitative estimate of drug-likeness (QED) is 0.356. The van der Waals surface area contributed by atoms with Crippen LogP contribution >= 0.6 is 0 Å². The second-order valence-corrected chi connectivity index (χ2v) is 13.6. The molecule has 14 heteroatoms. The zero-order chi connectivity index (χ0) is 30.2. The average molecular weight is 613 g/mol. The van der Waals surface area contributed by atoms with Gasteiger partial charge in [0.1, 0.15) is 35.7 Å². The smallest absolute Gasteiger partial charge is 0.412 e. The summed E-state index contributed by atoms with van der Waals surface area (Å²) in [6.07, 6.45) is -1.90. The molecule has 0 radical (unpaired) electrons. The lowest BCUT2D eigenvalue weighted by Crippen LogP contribution is -2.52. The van der Waals surface area contributed by atoms with Gasteiger partial charge in [0, 0.05) is 7.11 Å². The summed E-state index contributed by atoms with van der Waals surface area (Å²) in [6, 6.07) is 11.4. The molecular formula is C27H30F2N2O8S2. The van der Waals surface area contributed by atoms with Gasteiger partial charge in [-0.2, -0.15) is 8.42 Å². The van der Waals surface area contributed by atoms with Crippen molar-refractivity contribution in [1.82, 2.24) is 0 Å². The van der Waals surface area contributed by atoms with Crippen LogP contribution in [0, 0.1) is 11.6 Å². The fourth-order valence-electron chi connectivity index (χ4n) is 3.99. The van der Waals surface area contributed by atoms with E-state index >= 15 is 0 Å². The summed E-state index contributed by atoms with van der Waals surface area (Å²) in [7, 11) is -8.70. The van der Waals surface area contributed by atoms with Crippen molar-refractivity contribution in [2.45, 2.75) is 55.2 Å². The zero-order valence-corrected chi connectivity index (χ0v) is 24.1. The van der Waals surface area contributed by atoms with Gasteiger partial charge in [-0.05, 0) is 94.4 Å². The number of benzene rings is 3. The Balaban J connectivity index is 0.00000484. The molecule has 0 saturated carbocycles. The van der Waals surface area contributed by atoms with Gasteiger partial charge in [0.05, 0.1) is 21.5 Å². The van der Waals surface area contributed by atoms with Crippen LogP contribution in [0.3, 0.4) is 0 Å². The Labute approximate surface area is 238 Å². The maximum atomic E-state index is 13.8. The molecule has 1 aliphatic rings. The van der Waals surface area contributed by atoms with Gasteiger partial charge in [-0.3, -0.25) is 13.8 Å². The lowest BCUT2D eigenvalue weighted by atomic mass is 10.1. The van der Waals surface area contributed by atoms with Crippen molar-refractivity contribution < 1.29 is 45.5 Å². The molecule has 1 unspecified atom stereocenters. The van der Waals surface area contributed by atoms with Gasteiger partial charge in [0.25, 0.3) is 20.1 Å². The normalized spacial score (nSPS) is 17.4. The van der Waals surface area contributed by atoms with Gasteiger partial charge >= 0.3 is 6.09 Å². The van der Waals surface area contributed by atoms with E-state index < -0.39 is 62.2 Å². The number of carbonyl (C=O) groups excluding carboxylic acids is 1. The van der Waals surface area contributed by atoms with Crippen molar-refractivity contribution in [2.75, 3.05) is 16.2 Å². The van der Waals surface area contributed by atoms with Crippen LogP contribution in [0.4, 0.5) is 25.0 Å². The number of nitrogens with zero attached hydrogens (tertiary/aromatic N) is 1. The van der Waals surface area contributed by atoms with Crippen LogP contribution < -0.4 is 14.4 Å². The van der Waals surface area contributed by atoms with E-state index in [4.69, 9.17) is 13.7 Å². The number of sulfonamides is 1. The third kappa shape index (κ3) is 6.94. The zero-order valence-electron chi connectivity index (χ0n) is 22.5. The third-order valence-electron chi connectivity index (χ3n) is 5.89. The molecule has 1 aliphatic heterocycles. The van der Waals surface area contributed by atoms with Gasteiger partial charge in [-0.15, -0.1) is 0 Å². The van der Waals surface area contributed by atoms with Gasteiger partial charge < -0.3 is 9.47 Å². The molecule has 1 amide bonds. The fourth-order valence-corrected chi connectivity index (χ4v) is 6.59. The number of ether oxygens (including phenoxy) is 2. The minimum absolute atomic E-state index is 0. The molecular weight excluding hydrogens is 582 g/mol. The second-order valence-electron chi connectivity index (χ2n) is 10.2. The van der Waals surface area contributed by atoms with Crippen LogP contribution in [0.1, 0.15) is 29.1 Å². The number of hydrogen-bond donors (Lipinski definition) is 1. The van der Waals surface area contributed by atoms with E-state index in [1.54, 1.807) is 20.8 Å². The summed E-state index contributed by atoms with van der Waals surface area (Å²) in [6.45, 7) is 5.95. The van der Waals surface area contributed by atoms with Crippen LogP contribution in [0.2, 0.25) is 0 Å².